The highest BCUT2D eigenvalue weighted by Crippen LogP contribution is 2.36. The Morgan fingerprint density at radius 1 is 1.06 bits per heavy atom. The Morgan fingerprint density at radius 2 is 1.85 bits per heavy atom. The summed E-state index contributed by atoms with van der Waals surface area (Å²) in [5, 5.41) is -0.505. The van der Waals surface area contributed by atoms with Gasteiger partial charge in [0.05, 0.1) is 18.1 Å². The van der Waals surface area contributed by atoms with Gasteiger partial charge in [0.25, 0.3) is 11.1 Å². The normalized spacial score (nSPS) is 15.6. The van der Waals surface area contributed by atoms with Gasteiger partial charge in [-0.3, -0.25) is 14.5 Å². The van der Waals surface area contributed by atoms with Gasteiger partial charge in [-0.15, -0.1) is 0 Å². The second-order valence-electron chi connectivity index (χ2n) is 7.40. The zero-order valence-electron chi connectivity index (χ0n) is 19.1. The van der Waals surface area contributed by atoms with Gasteiger partial charge in [-0.1, -0.05) is 35.9 Å². The predicted octanol–water partition coefficient (Wildman–Crippen LogP) is 4.96. The van der Waals surface area contributed by atoms with Crippen molar-refractivity contribution in [1.29, 1.82) is 0 Å². The van der Waals surface area contributed by atoms with Crippen LogP contribution in [0, 0.1) is 6.92 Å². The predicted molar refractivity (Wildman–Crippen MR) is 127 cm³/mol. The van der Waals surface area contributed by atoms with E-state index in [9.17, 15) is 14.4 Å². The summed E-state index contributed by atoms with van der Waals surface area (Å²) in [6.07, 6.45) is 1.61. The topological polar surface area (TPSA) is 82.1 Å². The molecule has 0 aliphatic carbocycles. The summed E-state index contributed by atoms with van der Waals surface area (Å²) in [4.78, 5) is 38.3. The van der Waals surface area contributed by atoms with Gasteiger partial charge >= 0.3 is 5.97 Å². The quantitative estimate of drug-likeness (QED) is 0.379. The van der Waals surface area contributed by atoms with Gasteiger partial charge in [0.2, 0.25) is 0 Å². The molecule has 0 bridgehead atoms. The van der Waals surface area contributed by atoms with E-state index in [-0.39, 0.29) is 11.5 Å². The third-order valence-electron chi connectivity index (χ3n) is 4.88. The molecule has 1 aliphatic rings. The summed E-state index contributed by atoms with van der Waals surface area (Å²) in [5.74, 6) is -0.0179. The first kappa shape index (κ1) is 24.4. The van der Waals surface area contributed by atoms with Crippen LogP contribution in [0.5, 0.6) is 11.5 Å². The largest absolute Gasteiger partial charge is 0.490 e. The number of aryl methyl sites for hydroxylation is 1. The average molecular weight is 470 g/mol. The SMILES string of the molecule is CCOC(=O)[C@@H](C)N1C(=O)S/C(=C/c2ccc(OCc3cccc(C)c3)c(OCC)c2)C1=O. The van der Waals surface area contributed by atoms with Crippen LogP contribution in [0.2, 0.25) is 0 Å². The minimum Gasteiger partial charge on any atom is -0.490 e. The zero-order chi connectivity index (χ0) is 24.0. The van der Waals surface area contributed by atoms with Gasteiger partial charge in [-0.05, 0) is 68.8 Å². The summed E-state index contributed by atoms with van der Waals surface area (Å²) in [6.45, 7) is 8.06. The van der Waals surface area contributed by atoms with Crippen LogP contribution >= 0.6 is 11.8 Å². The van der Waals surface area contributed by atoms with Crippen LogP contribution in [0.15, 0.2) is 47.4 Å². The van der Waals surface area contributed by atoms with Crippen molar-refractivity contribution in [2.75, 3.05) is 13.2 Å². The third kappa shape index (κ3) is 5.96. The van der Waals surface area contributed by atoms with Crippen LogP contribution in [0.4, 0.5) is 4.79 Å². The fourth-order valence-corrected chi connectivity index (χ4v) is 4.21. The van der Waals surface area contributed by atoms with Crippen molar-refractivity contribution in [1.82, 2.24) is 4.90 Å². The van der Waals surface area contributed by atoms with Gasteiger partial charge in [0.1, 0.15) is 12.6 Å². The number of hydrogen-bond acceptors (Lipinski definition) is 7. The summed E-state index contributed by atoms with van der Waals surface area (Å²) in [5.41, 5.74) is 2.88. The van der Waals surface area contributed by atoms with Crippen LogP contribution in [-0.2, 0) is 20.9 Å². The van der Waals surface area contributed by atoms with Crippen LogP contribution in [0.25, 0.3) is 6.08 Å². The molecule has 1 saturated heterocycles. The second-order valence-corrected chi connectivity index (χ2v) is 8.39. The van der Waals surface area contributed by atoms with Crippen LogP contribution in [-0.4, -0.2) is 41.3 Å². The standard InChI is InChI=1S/C25H27NO6S/c1-5-30-21-13-18(10-11-20(21)32-15-19-9-7-8-16(3)12-19)14-22-23(27)26(25(29)33-22)17(4)24(28)31-6-2/h7-14,17H,5-6,15H2,1-4H3/b22-14+/t17-/m1/s1. The number of thioether (sulfide) groups is 1. The minimum atomic E-state index is -0.986. The molecule has 1 atom stereocenters. The highest BCUT2D eigenvalue weighted by Gasteiger charge is 2.41. The number of ether oxygens (including phenoxy) is 3. The lowest BCUT2D eigenvalue weighted by atomic mass is 10.1. The van der Waals surface area contributed by atoms with E-state index in [1.807, 2.05) is 32.0 Å². The fourth-order valence-electron chi connectivity index (χ4n) is 3.30. The molecule has 2 aromatic carbocycles. The number of carbonyl (C=O) groups is 3. The third-order valence-corrected chi connectivity index (χ3v) is 5.76. The first-order chi connectivity index (χ1) is 15.8. The van der Waals surface area contributed by atoms with E-state index in [0.29, 0.717) is 30.3 Å². The number of hydrogen-bond donors (Lipinski definition) is 0. The van der Waals surface area contributed by atoms with Gasteiger partial charge in [0.15, 0.2) is 11.5 Å². The molecule has 1 aliphatic heterocycles. The molecule has 0 aromatic heterocycles. The summed E-state index contributed by atoms with van der Waals surface area (Å²) < 4.78 is 16.6. The molecule has 7 nitrogen and oxygen atoms in total. The van der Waals surface area contributed by atoms with Crippen molar-refractivity contribution in [3.05, 3.63) is 64.1 Å². The molecule has 33 heavy (non-hydrogen) atoms. The Kier molecular flexibility index (Phi) is 8.16. The van der Waals surface area contributed by atoms with Crippen molar-refractivity contribution in [2.45, 2.75) is 40.3 Å². The van der Waals surface area contributed by atoms with Crippen molar-refractivity contribution in [2.24, 2.45) is 0 Å². The molecular weight excluding hydrogens is 442 g/mol. The molecule has 0 unspecified atom stereocenters. The van der Waals surface area contributed by atoms with Crippen molar-refractivity contribution >= 4 is 35.0 Å². The molecule has 1 heterocycles. The van der Waals surface area contributed by atoms with Gasteiger partial charge in [-0.2, -0.15) is 0 Å². The van der Waals surface area contributed by atoms with E-state index < -0.39 is 23.2 Å². The van der Waals surface area contributed by atoms with E-state index >= 15 is 0 Å². The molecule has 0 saturated carbocycles. The molecule has 3 rings (SSSR count). The van der Waals surface area contributed by atoms with Crippen molar-refractivity contribution in [3.63, 3.8) is 0 Å². The Labute approximate surface area is 197 Å². The van der Waals surface area contributed by atoms with Gasteiger partial charge in [0, 0.05) is 0 Å². The molecule has 2 amide bonds. The molecule has 0 N–H and O–H groups in total. The second kappa shape index (κ2) is 11.0. The Bertz CT molecular complexity index is 1080. The van der Waals surface area contributed by atoms with Gasteiger partial charge in [-0.25, -0.2) is 4.79 Å². The molecular formula is C25H27NO6S. The maximum absolute atomic E-state index is 12.8. The highest BCUT2D eigenvalue weighted by molar-refractivity contribution is 8.18. The van der Waals surface area contributed by atoms with E-state index in [0.717, 1.165) is 27.8 Å². The molecule has 0 spiro atoms. The lowest BCUT2D eigenvalue weighted by Crippen LogP contribution is -2.42. The number of carbonyl (C=O) groups excluding carboxylic acids is 3. The van der Waals surface area contributed by atoms with Crippen LogP contribution in [0.1, 0.15) is 37.5 Å². The number of nitrogens with zero attached hydrogens (tertiary/aromatic N) is 1. The van der Waals surface area contributed by atoms with Crippen LogP contribution < -0.4 is 9.47 Å². The van der Waals surface area contributed by atoms with Gasteiger partial charge < -0.3 is 14.2 Å². The smallest absolute Gasteiger partial charge is 0.329 e. The summed E-state index contributed by atoms with van der Waals surface area (Å²) in [6, 6.07) is 12.4. The molecule has 8 heteroatoms. The number of rotatable bonds is 9. The number of benzene rings is 2. The van der Waals surface area contributed by atoms with E-state index in [1.54, 1.807) is 31.2 Å². The lowest BCUT2D eigenvalue weighted by Gasteiger charge is -2.19. The Balaban J connectivity index is 1.79. The summed E-state index contributed by atoms with van der Waals surface area (Å²) in [7, 11) is 0. The van der Waals surface area contributed by atoms with E-state index in [4.69, 9.17) is 14.2 Å². The molecule has 174 valence electrons. The maximum Gasteiger partial charge on any atom is 0.329 e. The first-order valence-corrected chi connectivity index (χ1v) is 11.5. The average Bonchev–Trinajstić information content (AvgIpc) is 3.06. The molecule has 0 radical (unpaired) electrons. The number of amides is 2. The van der Waals surface area contributed by atoms with E-state index in [1.165, 1.54) is 6.92 Å². The zero-order valence-corrected chi connectivity index (χ0v) is 19.9. The van der Waals surface area contributed by atoms with E-state index in [2.05, 4.69) is 6.07 Å². The Morgan fingerprint density at radius 3 is 2.55 bits per heavy atom. The number of esters is 1. The first-order valence-electron chi connectivity index (χ1n) is 10.7. The maximum atomic E-state index is 12.8. The monoisotopic (exact) mass is 469 g/mol. The molecule has 1 fully saturated rings. The fraction of sp³-hybridized carbons (Fsp3) is 0.320. The minimum absolute atomic E-state index is 0.174. The number of imide groups is 1. The lowest BCUT2D eigenvalue weighted by molar-refractivity contribution is -0.150. The summed E-state index contributed by atoms with van der Waals surface area (Å²) >= 11 is 0.791. The molecule has 2 aromatic rings. The Hall–Kier alpha value is -3.26. The highest BCUT2D eigenvalue weighted by atomic mass is 32.2. The van der Waals surface area contributed by atoms with Crippen LogP contribution in [0.3, 0.4) is 0 Å². The van der Waals surface area contributed by atoms with Crippen molar-refractivity contribution < 1.29 is 28.6 Å². The van der Waals surface area contributed by atoms with Crippen molar-refractivity contribution in [3.8, 4) is 11.5 Å².